The van der Waals surface area contributed by atoms with Gasteiger partial charge in [0, 0.05) is 24.1 Å². The Morgan fingerprint density at radius 1 is 1.22 bits per heavy atom. The van der Waals surface area contributed by atoms with Crippen LogP contribution in [0.5, 0.6) is 5.75 Å². The number of fused-ring (bicyclic) bond motifs is 1. The van der Waals surface area contributed by atoms with Crippen molar-refractivity contribution in [3.8, 4) is 5.75 Å². The Kier molecular flexibility index (Phi) is 6.73. The molecule has 1 aliphatic heterocycles. The third kappa shape index (κ3) is 5.01. The predicted molar refractivity (Wildman–Crippen MR) is 121 cm³/mol. The molecule has 9 nitrogen and oxygen atoms in total. The Morgan fingerprint density at radius 3 is 2.53 bits per heavy atom. The van der Waals surface area contributed by atoms with Gasteiger partial charge in [-0.3, -0.25) is 19.2 Å². The van der Waals surface area contributed by atoms with Crippen molar-refractivity contribution < 1.29 is 22.9 Å². The maximum Gasteiger partial charge on any atom is 0.271 e. The van der Waals surface area contributed by atoms with Crippen LogP contribution in [0, 0.1) is 10.1 Å². The van der Waals surface area contributed by atoms with Crippen LogP contribution < -0.4 is 14.4 Å². The van der Waals surface area contributed by atoms with Gasteiger partial charge in [0.15, 0.2) is 0 Å². The van der Waals surface area contributed by atoms with E-state index in [1.54, 1.807) is 0 Å². The van der Waals surface area contributed by atoms with Crippen molar-refractivity contribution in [3.63, 3.8) is 0 Å². The number of amides is 1. The van der Waals surface area contributed by atoms with Gasteiger partial charge in [-0.05, 0) is 25.0 Å². The minimum Gasteiger partial charge on any atom is -0.487 e. The number of nitro groups is 1. The minimum absolute atomic E-state index is 0.0562. The highest BCUT2D eigenvalue weighted by Gasteiger charge is 2.39. The van der Waals surface area contributed by atoms with Gasteiger partial charge >= 0.3 is 0 Å². The molecule has 2 aromatic carbocycles. The second-order valence-electron chi connectivity index (χ2n) is 7.90. The van der Waals surface area contributed by atoms with Crippen LogP contribution in [-0.4, -0.2) is 37.6 Å². The number of ether oxygens (including phenoxy) is 1. The van der Waals surface area contributed by atoms with Crippen molar-refractivity contribution in [2.24, 2.45) is 0 Å². The lowest BCUT2D eigenvalue weighted by molar-refractivity contribution is -0.384. The molecule has 1 atom stereocenters. The lowest BCUT2D eigenvalue weighted by Gasteiger charge is -2.41. The fraction of sp³-hybridized carbons (Fsp3) is 0.409. The molecule has 172 valence electrons. The average Bonchev–Trinajstić information content (AvgIpc) is 2.76. The van der Waals surface area contributed by atoms with E-state index in [0.29, 0.717) is 12.2 Å². The first-order valence-corrected chi connectivity index (χ1v) is 12.2. The first-order chi connectivity index (χ1) is 15.1. The van der Waals surface area contributed by atoms with Crippen molar-refractivity contribution in [1.29, 1.82) is 0 Å². The van der Waals surface area contributed by atoms with Crippen molar-refractivity contribution in [2.45, 2.75) is 44.8 Å². The summed E-state index contributed by atoms with van der Waals surface area (Å²) in [6, 6.07) is 12.3. The number of nitro benzene ring substituents is 1. The van der Waals surface area contributed by atoms with Crippen LogP contribution in [0.25, 0.3) is 0 Å². The molecule has 0 saturated heterocycles. The molecule has 0 radical (unpaired) electrons. The molecule has 0 unspecified atom stereocenters. The molecule has 32 heavy (non-hydrogen) atoms. The van der Waals surface area contributed by atoms with E-state index < -0.39 is 33.0 Å². The van der Waals surface area contributed by atoms with Gasteiger partial charge in [-0.25, -0.2) is 8.42 Å². The van der Waals surface area contributed by atoms with Gasteiger partial charge in [0.25, 0.3) is 5.69 Å². The van der Waals surface area contributed by atoms with Gasteiger partial charge in [0.1, 0.15) is 17.9 Å². The summed E-state index contributed by atoms with van der Waals surface area (Å²) in [5, 5.41) is 14.0. The van der Waals surface area contributed by atoms with Crippen molar-refractivity contribution in [1.82, 2.24) is 5.32 Å². The third-order valence-electron chi connectivity index (χ3n) is 5.84. The topological polar surface area (TPSA) is 119 Å². The summed E-state index contributed by atoms with van der Waals surface area (Å²) in [7, 11) is -3.86. The molecule has 1 heterocycles. The Labute approximate surface area is 187 Å². The number of non-ortho nitro benzene ring substituents is 1. The van der Waals surface area contributed by atoms with Crippen LogP contribution >= 0.6 is 0 Å². The first-order valence-electron chi connectivity index (χ1n) is 10.4. The lowest BCUT2D eigenvalue weighted by atomic mass is 9.83. The van der Waals surface area contributed by atoms with Crippen LogP contribution in [0.4, 0.5) is 11.4 Å². The van der Waals surface area contributed by atoms with E-state index in [4.69, 9.17) is 4.74 Å². The number of hydrogen-bond donors (Lipinski definition) is 1. The summed E-state index contributed by atoms with van der Waals surface area (Å²) in [6.45, 7) is 3.57. The molecule has 0 saturated carbocycles. The highest BCUT2D eigenvalue weighted by molar-refractivity contribution is 7.92. The molecule has 0 bridgehead atoms. The fourth-order valence-electron chi connectivity index (χ4n) is 3.96. The van der Waals surface area contributed by atoms with E-state index in [-0.39, 0.29) is 17.4 Å². The number of sulfonamides is 1. The van der Waals surface area contributed by atoms with E-state index in [9.17, 15) is 23.3 Å². The van der Waals surface area contributed by atoms with Gasteiger partial charge in [-0.15, -0.1) is 0 Å². The maximum absolute atomic E-state index is 13.0. The number of rotatable bonds is 8. The summed E-state index contributed by atoms with van der Waals surface area (Å²) in [6.07, 6.45) is 3.03. The number of carbonyl (C=O) groups excluding carboxylic acids is 1. The normalized spacial score (nSPS) is 17.0. The van der Waals surface area contributed by atoms with Gasteiger partial charge < -0.3 is 10.1 Å². The highest BCUT2D eigenvalue weighted by Crippen LogP contribution is 2.42. The third-order valence-corrected chi connectivity index (χ3v) is 6.98. The molecule has 2 aromatic rings. The Hall–Kier alpha value is -3.14. The Morgan fingerprint density at radius 2 is 1.91 bits per heavy atom. The van der Waals surface area contributed by atoms with Crippen LogP contribution in [-0.2, 0) is 14.8 Å². The fourth-order valence-corrected chi connectivity index (χ4v) is 4.81. The van der Waals surface area contributed by atoms with Crippen molar-refractivity contribution in [3.05, 3.63) is 64.2 Å². The number of benzene rings is 2. The summed E-state index contributed by atoms with van der Waals surface area (Å²) in [4.78, 5) is 23.4. The number of hydrogen-bond acceptors (Lipinski definition) is 6. The number of anilines is 1. The monoisotopic (exact) mass is 461 g/mol. The molecule has 0 aliphatic carbocycles. The number of nitrogens with one attached hydrogen (secondary N) is 1. The van der Waals surface area contributed by atoms with Gasteiger partial charge in [-0.1, -0.05) is 38.1 Å². The Bertz CT molecular complexity index is 1110. The van der Waals surface area contributed by atoms with E-state index in [1.807, 2.05) is 38.1 Å². The molecule has 3 rings (SSSR count). The molecule has 0 fully saturated rings. The predicted octanol–water partition coefficient (Wildman–Crippen LogP) is 3.56. The molecule has 10 heteroatoms. The summed E-state index contributed by atoms with van der Waals surface area (Å²) in [5.41, 5.74) is 0.203. The minimum atomic E-state index is -3.86. The number of carbonyl (C=O) groups is 1. The van der Waals surface area contributed by atoms with Crippen LogP contribution in [0.3, 0.4) is 0 Å². The van der Waals surface area contributed by atoms with Crippen molar-refractivity contribution in [2.75, 3.05) is 17.1 Å². The van der Waals surface area contributed by atoms with Crippen LogP contribution in [0.1, 0.15) is 44.7 Å². The zero-order chi connectivity index (χ0) is 23.5. The maximum atomic E-state index is 13.0. The number of para-hydroxylation sites is 1. The Balaban J connectivity index is 1.87. The zero-order valence-electron chi connectivity index (χ0n) is 18.3. The SMILES string of the molecule is CCC1(CC)C[C@@H](NC(=O)CN(c2cccc([N+](=O)[O-])c2)S(C)(=O)=O)c2ccccc2O1. The smallest absolute Gasteiger partial charge is 0.271 e. The first kappa shape index (κ1) is 23.5. The molecule has 0 spiro atoms. The highest BCUT2D eigenvalue weighted by atomic mass is 32.2. The largest absolute Gasteiger partial charge is 0.487 e. The van der Waals surface area contributed by atoms with Crippen LogP contribution in [0.15, 0.2) is 48.5 Å². The molecule has 1 aliphatic rings. The van der Waals surface area contributed by atoms with Gasteiger partial charge in [0.2, 0.25) is 15.9 Å². The average molecular weight is 462 g/mol. The van der Waals surface area contributed by atoms with E-state index in [2.05, 4.69) is 5.32 Å². The van der Waals surface area contributed by atoms with Gasteiger partial charge in [-0.2, -0.15) is 0 Å². The van der Waals surface area contributed by atoms with E-state index >= 15 is 0 Å². The van der Waals surface area contributed by atoms with Crippen LogP contribution in [0.2, 0.25) is 0 Å². The van der Waals surface area contributed by atoms with E-state index in [0.717, 1.165) is 35.0 Å². The molecular formula is C22H27N3O6S. The summed E-state index contributed by atoms with van der Waals surface area (Å²) >= 11 is 0. The quantitative estimate of drug-likeness (QED) is 0.474. The lowest BCUT2D eigenvalue weighted by Crippen LogP contribution is -2.47. The summed E-state index contributed by atoms with van der Waals surface area (Å²) < 4.78 is 31.9. The standard InChI is InChI=1S/C22H27N3O6S/c1-4-22(5-2)14-19(18-11-6-7-12-20(18)31-22)23-21(26)15-24(32(3,29)30)16-9-8-10-17(13-16)25(27)28/h6-13,19H,4-5,14-15H2,1-3H3,(H,23,26)/t19-/m1/s1. The molecule has 1 amide bonds. The molecule has 0 aromatic heterocycles. The molecule has 1 N–H and O–H groups in total. The second-order valence-corrected chi connectivity index (χ2v) is 9.81. The van der Waals surface area contributed by atoms with Gasteiger partial charge in [0.05, 0.1) is 22.9 Å². The van der Waals surface area contributed by atoms with Crippen molar-refractivity contribution >= 4 is 27.3 Å². The number of nitrogens with zero attached hydrogens (tertiary/aromatic N) is 2. The van der Waals surface area contributed by atoms with E-state index in [1.165, 1.54) is 18.2 Å². The summed E-state index contributed by atoms with van der Waals surface area (Å²) in [5.74, 6) is 0.191. The zero-order valence-corrected chi connectivity index (χ0v) is 19.1. The second kappa shape index (κ2) is 9.15. The molecular weight excluding hydrogens is 434 g/mol.